The second-order valence-corrected chi connectivity index (χ2v) is 1.28. The molecule has 5 nitrogen and oxygen atoms in total. The van der Waals surface area contributed by atoms with Gasteiger partial charge in [0.05, 0.1) is 0 Å². The molecule has 1 amide bonds. The molecule has 0 saturated carbocycles. The maximum absolute atomic E-state index is 10.0. The van der Waals surface area contributed by atoms with Crippen LogP contribution in [0.5, 0.6) is 0 Å². The largest absolute Gasteiger partial charge is 0.369 e. The van der Waals surface area contributed by atoms with Gasteiger partial charge in [-0.2, -0.15) is 0 Å². The fourth-order valence-corrected chi connectivity index (χ4v) is 0.134. The Morgan fingerprint density at radius 2 is 2.33 bits per heavy atom. The van der Waals surface area contributed by atoms with Gasteiger partial charge in [0, 0.05) is 4.91 Å². The van der Waals surface area contributed by atoms with E-state index in [0.717, 1.165) is 0 Å². The van der Waals surface area contributed by atoms with Crippen molar-refractivity contribution in [2.45, 2.75) is 20.4 Å². The Morgan fingerprint density at radius 1 is 1.89 bits per heavy atom. The summed E-state index contributed by atoms with van der Waals surface area (Å²) in [5, 5.41) is 3.03. The molecule has 0 spiro atoms. The summed E-state index contributed by atoms with van der Waals surface area (Å²) in [5.74, 6) is -0.609. The van der Waals surface area contributed by atoms with Crippen LogP contribution in [0.15, 0.2) is 5.11 Å². The Bertz CT molecular complexity index is 136. The number of nitrogens with zero attached hydrogens (tertiary/aromatic N) is 3. The average Bonchev–Trinajstić information content (AvgIpc) is 1.67. The summed E-state index contributed by atoms with van der Waals surface area (Å²) < 4.78 is 0. The number of carbonyl (C=O) groups excluding carboxylic acids is 1. The standard InChI is InChI=1S/C3H6N4O.CH4/c1-2(3(4)8)6-7-5;/h2H,1H3,(H2,4,8);1H4/t2-;/m1./s1. The topological polar surface area (TPSA) is 91.8 Å². The number of azide groups is 1. The van der Waals surface area contributed by atoms with E-state index in [2.05, 4.69) is 10.0 Å². The molecule has 0 aliphatic rings. The van der Waals surface area contributed by atoms with Gasteiger partial charge in [0.25, 0.3) is 0 Å². The molecule has 0 heterocycles. The number of nitrogens with two attached hydrogens (primary N) is 1. The van der Waals surface area contributed by atoms with Crippen LogP contribution in [0.3, 0.4) is 0 Å². The minimum atomic E-state index is -0.736. The molecule has 0 aromatic carbocycles. The van der Waals surface area contributed by atoms with Gasteiger partial charge in [0.2, 0.25) is 5.91 Å². The van der Waals surface area contributed by atoms with Crippen molar-refractivity contribution in [2.75, 3.05) is 0 Å². The van der Waals surface area contributed by atoms with Crippen molar-refractivity contribution in [1.29, 1.82) is 0 Å². The van der Waals surface area contributed by atoms with Crippen LogP contribution in [0.1, 0.15) is 14.4 Å². The van der Waals surface area contributed by atoms with E-state index in [1.807, 2.05) is 0 Å². The molecule has 2 N–H and O–H groups in total. The van der Waals surface area contributed by atoms with Crippen LogP contribution in [-0.4, -0.2) is 11.9 Å². The van der Waals surface area contributed by atoms with Gasteiger partial charge in [-0.1, -0.05) is 12.5 Å². The Labute approximate surface area is 53.5 Å². The highest BCUT2D eigenvalue weighted by Crippen LogP contribution is 1.84. The van der Waals surface area contributed by atoms with E-state index in [1.54, 1.807) is 0 Å². The minimum absolute atomic E-state index is 0. The zero-order valence-corrected chi connectivity index (χ0v) is 4.40. The van der Waals surface area contributed by atoms with Crippen LogP contribution < -0.4 is 5.73 Å². The Morgan fingerprint density at radius 3 is 2.44 bits per heavy atom. The summed E-state index contributed by atoms with van der Waals surface area (Å²) in [4.78, 5) is 12.4. The van der Waals surface area contributed by atoms with Crippen molar-refractivity contribution in [3.05, 3.63) is 10.4 Å². The van der Waals surface area contributed by atoms with E-state index in [-0.39, 0.29) is 7.43 Å². The van der Waals surface area contributed by atoms with Crippen molar-refractivity contribution in [3.63, 3.8) is 0 Å². The second kappa shape index (κ2) is 4.93. The average molecular weight is 130 g/mol. The lowest BCUT2D eigenvalue weighted by molar-refractivity contribution is -0.118. The first-order valence-electron chi connectivity index (χ1n) is 2.02. The van der Waals surface area contributed by atoms with Crippen molar-refractivity contribution < 1.29 is 4.79 Å². The number of hydrogen-bond donors (Lipinski definition) is 1. The summed E-state index contributed by atoms with van der Waals surface area (Å²) in [6.45, 7) is 1.43. The normalized spacial score (nSPS) is 10.3. The first-order chi connectivity index (χ1) is 3.68. The molecule has 0 aromatic heterocycles. The van der Waals surface area contributed by atoms with Gasteiger partial charge in [-0.15, -0.1) is 0 Å². The van der Waals surface area contributed by atoms with E-state index >= 15 is 0 Å². The Hall–Kier alpha value is -1.22. The lowest BCUT2D eigenvalue weighted by Gasteiger charge is -1.91. The van der Waals surface area contributed by atoms with Gasteiger partial charge in [0.15, 0.2) is 0 Å². The van der Waals surface area contributed by atoms with Gasteiger partial charge in [0.1, 0.15) is 6.04 Å². The molecule has 52 valence electrons. The zero-order valence-electron chi connectivity index (χ0n) is 4.40. The second-order valence-electron chi connectivity index (χ2n) is 1.28. The van der Waals surface area contributed by atoms with Crippen LogP contribution in [0.4, 0.5) is 0 Å². The SMILES string of the molecule is C.C[C@@H](N=[N+]=[N-])C(N)=O. The van der Waals surface area contributed by atoms with Gasteiger partial charge < -0.3 is 5.73 Å². The predicted molar refractivity (Wildman–Crippen MR) is 34.5 cm³/mol. The van der Waals surface area contributed by atoms with Crippen molar-refractivity contribution in [2.24, 2.45) is 10.8 Å². The third-order valence-corrected chi connectivity index (χ3v) is 0.637. The van der Waals surface area contributed by atoms with Crippen LogP contribution in [-0.2, 0) is 4.79 Å². The molecule has 0 fully saturated rings. The third-order valence-electron chi connectivity index (χ3n) is 0.637. The van der Waals surface area contributed by atoms with Crippen molar-refractivity contribution >= 4 is 5.91 Å². The van der Waals surface area contributed by atoms with E-state index in [0.29, 0.717) is 0 Å². The van der Waals surface area contributed by atoms with Crippen LogP contribution in [0, 0.1) is 0 Å². The molecule has 0 rings (SSSR count). The monoisotopic (exact) mass is 130 g/mol. The number of primary amides is 1. The molecular formula is C4H10N4O. The predicted octanol–water partition coefficient (Wildman–Crippen LogP) is 0.807. The molecule has 0 aliphatic heterocycles. The summed E-state index contributed by atoms with van der Waals surface area (Å²) in [6.07, 6.45) is 0. The molecule has 0 aromatic rings. The Balaban J connectivity index is 0. The maximum Gasteiger partial charge on any atom is 0.226 e. The molecule has 0 bridgehead atoms. The van der Waals surface area contributed by atoms with E-state index in [4.69, 9.17) is 11.3 Å². The first kappa shape index (κ1) is 10.7. The molecule has 9 heavy (non-hydrogen) atoms. The molecule has 5 heteroatoms. The quantitative estimate of drug-likeness (QED) is 0.334. The molecule has 0 unspecified atom stereocenters. The first-order valence-corrected chi connectivity index (χ1v) is 2.02. The fraction of sp³-hybridized carbons (Fsp3) is 0.750. The molecule has 0 saturated heterocycles. The molecule has 0 radical (unpaired) electrons. The van der Waals surface area contributed by atoms with E-state index < -0.39 is 11.9 Å². The smallest absolute Gasteiger partial charge is 0.226 e. The fourth-order valence-electron chi connectivity index (χ4n) is 0.134. The maximum atomic E-state index is 10.0. The van der Waals surface area contributed by atoms with Gasteiger partial charge in [-0.05, 0) is 12.5 Å². The third kappa shape index (κ3) is 4.64. The molecule has 0 aliphatic carbocycles. The van der Waals surface area contributed by atoms with Crippen LogP contribution >= 0.6 is 0 Å². The Kier molecular flexibility index (Phi) is 5.86. The number of rotatable bonds is 2. The number of carbonyl (C=O) groups is 1. The number of hydrogen-bond acceptors (Lipinski definition) is 2. The molecular weight excluding hydrogens is 120 g/mol. The van der Waals surface area contributed by atoms with E-state index in [1.165, 1.54) is 6.92 Å². The van der Waals surface area contributed by atoms with Gasteiger partial charge in [-0.25, -0.2) is 0 Å². The van der Waals surface area contributed by atoms with Crippen molar-refractivity contribution in [3.8, 4) is 0 Å². The molecule has 1 atom stereocenters. The summed E-state index contributed by atoms with van der Waals surface area (Å²) in [7, 11) is 0. The van der Waals surface area contributed by atoms with Gasteiger partial charge in [-0.3, -0.25) is 4.79 Å². The van der Waals surface area contributed by atoms with Gasteiger partial charge >= 0.3 is 0 Å². The highest BCUT2D eigenvalue weighted by molar-refractivity contribution is 5.79. The zero-order chi connectivity index (χ0) is 6.57. The highest BCUT2D eigenvalue weighted by atomic mass is 16.1. The lowest BCUT2D eigenvalue weighted by Crippen LogP contribution is -2.22. The van der Waals surface area contributed by atoms with Crippen molar-refractivity contribution in [1.82, 2.24) is 0 Å². The minimum Gasteiger partial charge on any atom is -0.369 e. The van der Waals surface area contributed by atoms with Crippen LogP contribution in [0.25, 0.3) is 10.4 Å². The summed E-state index contributed by atoms with van der Waals surface area (Å²) in [6, 6.07) is -0.736. The highest BCUT2D eigenvalue weighted by Gasteiger charge is 2.02. The summed E-state index contributed by atoms with van der Waals surface area (Å²) >= 11 is 0. The van der Waals surface area contributed by atoms with E-state index in [9.17, 15) is 4.79 Å². The van der Waals surface area contributed by atoms with Crippen LogP contribution in [0.2, 0.25) is 0 Å². The number of amides is 1. The summed E-state index contributed by atoms with van der Waals surface area (Å²) in [5.41, 5.74) is 12.5. The lowest BCUT2D eigenvalue weighted by atomic mass is 10.4.